The molecule has 0 aliphatic heterocycles. The molecule has 2 aromatic heterocycles. The van der Waals surface area contributed by atoms with Gasteiger partial charge >= 0.3 is 6.18 Å². The molecule has 1 amide bonds. The van der Waals surface area contributed by atoms with Crippen molar-refractivity contribution in [2.75, 3.05) is 5.32 Å². The highest BCUT2D eigenvalue weighted by molar-refractivity contribution is 7.89. The number of sulfonamides is 1. The van der Waals surface area contributed by atoms with Gasteiger partial charge in [0, 0.05) is 11.8 Å². The average molecular weight is 580 g/mol. The number of nitrogens with one attached hydrogen (secondary N) is 3. The summed E-state index contributed by atoms with van der Waals surface area (Å²) in [5.74, 6) is -0.190. The van der Waals surface area contributed by atoms with E-state index < -0.39 is 27.7 Å². The monoisotopic (exact) mass is 579 g/mol. The Hall–Kier alpha value is -5.08. The van der Waals surface area contributed by atoms with Crippen molar-refractivity contribution in [3.8, 4) is 17.1 Å². The van der Waals surface area contributed by atoms with Gasteiger partial charge in [-0.3, -0.25) is 10.2 Å². The van der Waals surface area contributed by atoms with Gasteiger partial charge in [-0.05, 0) is 42.5 Å². The number of carbonyl (C=O) groups is 1. The molecule has 3 aromatic carbocycles. The van der Waals surface area contributed by atoms with Gasteiger partial charge in [-0.1, -0.05) is 54.6 Å². The van der Waals surface area contributed by atoms with Gasteiger partial charge in [0.1, 0.15) is 5.82 Å². The third-order valence-electron chi connectivity index (χ3n) is 5.68. The molecule has 0 bridgehead atoms. The summed E-state index contributed by atoms with van der Waals surface area (Å²) in [5.41, 5.74) is 2.11. The molecular weight excluding hydrogens is 559 g/mol. The van der Waals surface area contributed by atoms with Gasteiger partial charge in [0.25, 0.3) is 15.9 Å². The lowest BCUT2D eigenvalue weighted by molar-refractivity contribution is -0.137. The van der Waals surface area contributed by atoms with Gasteiger partial charge in [-0.15, -0.1) is 9.93 Å². The molecule has 14 heteroatoms. The fourth-order valence-corrected chi connectivity index (χ4v) is 4.55. The minimum Gasteiger partial charge on any atom is -0.307 e. The van der Waals surface area contributed by atoms with Gasteiger partial charge in [-0.2, -0.15) is 18.2 Å². The summed E-state index contributed by atoms with van der Waals surface area (Å²) in [6.07, 6.45) is -3.33. The quantitative estimate of drug-likeness (QED) is 0.227. The molecule has 10 nitrogen and oxygen atoms in total. The Morgan fingerprint density at radius 1 is 0.854 bits per heavy atom. The Bertz CT molecular complexity index is 1780. The van der Waals surface area contributed by atoms with E-state index in [1.165, 1.54) is 47.3 Å². The topological polar surface area (TPSA) is 131 Å². The Morgan fingerprint density at radius 2 is 1.56 bits per heavy atom. The van der Waals surface area contributed by atoms with E-state index in [4.69, 9.17) is 0 Å². The minimum absolute atomic E-state index is 0.0232. The molecule has 0 radical (unpaired) electrons. The number of hydrogen-bond donors (Lipinski definition) is 3. The van der Waals surface area contributed by atoms with Crippen LogP contribution < -0.4 is 15.6 Å². The van der Waals surface area contributed by atoms with Crippen molar-refractivity contribution in [2.24, 2.45) is 0 Å². The van der Waals surface area contributed by atoms with E-state index in [-0.39, 0.29) is 33.7 Å². The number of carbonyl (C=O) groups excluding carboxylic acids is 1. The fraction of sp³-hybridized carbons (Fsp3) is 0.0370. The molecule has 0 saturated heterocycles. The Balaban J connectivity index is 1.35. The zero-order valence-corrected chi connectivity index (χ0v) is 21.7. The average Bonchev–Trinajstić information content (AvgIpc) is 3.41. The summed E-state index contributed by atoms with van der Waals surface area (Å²) in [7, 11) is -3.97. The van der Waals surface area contributed by atoms with Crippen LogP contribution in [0.2, 0.25) is 0 Å². The van der Waals surface area contributed by atoms with E-state index in [0.717, 1.165) is 12.1 Å². The van der Waals surface area contributed by atoms with Crippen molar-refractivity contribution in [3.05, 3.63) is 114 Å². The van der Waals surface area contributed by atoms with Crippen LogP contribution in [0, 0.1) is 0 Å². The maximum Gasteiger partial charge on any atom is 0.416 e. The summed E-state index contributed by atoms with van der Waals surface area (Å²) in [6.45, 7) is 0. The number of rotatable bonds is 8. The second-order valence-electron chi connectivity index (χ2n) is 8.51. The van der Waals surface area contributed by atoms with E-state index in [1.54, 1.807) is 48.5 Å². The number of alkyl halides is 3. The summed E-state index contributed by atoms with van der Waals surface area (Å²) in [6, 6.07) is 23.9. The fourth-order valence-electron chi connectivity index (χ4n) is 3.69. The molecule has 0 fully saturated rings. The van der Waals surface area contributed by atoms with Crippen LogP contribution in [0.1, 0.15) is 15.9 Å². The highest BCUT2D eigenvalue weighted by atomic mass is 32.2. The van der Waals surface area contributed by atoms with Crippen molar-refractivity contribution < 1.29 is 26.4 Å². The number of halogens is 3. The summed E-state index contributed by atoms with van der Waals surface area (Å²) >= 11 is 0. The van der Waals surface area contributed by atoms with Crippen molar-refractivity contribution >= 4 is 27.7 Å². The second-order valence-corrected chi connectivity index (χ2v) is 10.2. The number of anilines is 2. The number of benzene rings is 3. The lowest BCUT2D eigenvalue weighted by atomic mass is 10.2. The van der Waals surface area contributed by atoms with Crippen LogP contribution in [0.15, 0.2) is 108 Å². The molecule has 0 aliphatic carbocycles. The van der Waals surface area contributed by atoms with Crippen LogP contribution in [0.4, 0.5) is 24.9 Å². The van der Waals surface area contributed by atoms with Gasteiger partial charge in [0.15, 0.2) is 5.82 Å². The molecule has 0 atom stereocenters. The van der Waals surface area contributed by atoms with Crippen LogP contribution in [0.25, 0.3) is 17.1 Å². The third kappa shape index (κ3) is 6.40. The first kappa shape index (κ1) is 27.5. The predicted molar refractivity (Wildman–Crippen MR) is 144 cm³/mol. The molecule has 0 spiro atoms. The van der Waals surface area contributed by atoms with Gasteiger partial charge in [0.2, 0.25) is 5.95 Å². The maximum absolute atomic E-state index is 13.3. The van der Waals surface area contributed by atoms with Crippen molar-refractivity contribution in [1.29, 1.82) is 0 Å². The summed E-state index contributed by atoms with van der Waals surface area (Å²) in [4.78, 5) is 23.0. The van der Waals surface area contributed by atoms with Crippen LogP contribution in [0.3, 0.4) is 0 Å². The highest BCUT2D eigenvalue weighted by Crippen LogP contribution is 2.31. The Labute approximate surface area is 231 Å². The molecule has 2 heterocycles. The molecule has 5 rings (SSSR count). The van der Waals surface area contributed by atoms with E-state index >= 15 is 0 Å². The SMILES string of the molecule is O=C(NNS(=O)(=O)c1ccccc1)c1ccc(Nc2nc(-c3ccccc3)n(-c3cccc(C(F)(F)F)c3)n2)nc1. The predicted octanol–water partition coefficient (Wildman–Crippen LogP) is 4.72. The first-order chi connectivity index (χ1) is 19.6. The summed E-state index contributed by atoms with van der Waals surface area (Å²) in [5, 5.41) is 7.22. The Morgan fingerprint density at radius 3 is 2.22 bits per heavy atom. The van der Waals surface area contributed by atoms with E-state index in [1.807, 2.05) is 4.83 Å². The van der Waals surface area contributed by atoms with Gasteiger partial charge < -0.3 is 5.32 Å². The van der Waals surface area contributed by atoms with Crippen molar-refractivity contribution in [2.45, 2.75) is 11.1 Å². The van der Waals surface area contributed by atoms with E-state index in [9.17, 15) is 26.4 Å². The lowest BCUT2D eigenvalue weighted by Gasteiger charge is -2.10. The smallest absolute Gasteiger partial charge is 0.307 e. The molecule has 3 N–H and O–H groups in total. The van der Waals surface area contributed by atoms with Gasteiger partial charge in [0.05, 0.1) is 21.7 Å². The van der Waals surface area contributed by atoms with E-state index in [0.29, 0.717) is 5.56 Å². The Kier molecular flexibility index (Phi) is 7.50. The molecule has 41 heavy (non-hydrogen) atoms. The van der Waals surface area contributed by atoms with Crippen LogP contribution >= 0.6 is 0 Å². The lowest BCUT2D eigenvalue weighted by Crippen LogP contribution is -2.41. The zero-order valence-electron chi connectivity index (χ0n) is 20.9. The first-order valence-electron chi connectivity index (χ1n) is 11.9. The maximum atomic E-state index is 13.3. The number of nitrogens with zero attached hydrogens (tertiary/aromatic N) is 4. The second kappa shape index (κ2) is 11.2. The zero-order chi connectivity index (χ0) is 29.0. The number of amides is 1. The number of hydrogen-bond acceptors (Lipinski definition) is 7. The third-order valence-corrected chi connectivity index (χ3v) is 6.94. The van der Waals surface area contributed by atoms with Crippen LogP contribution in [-0.4, -0.2) is 34.1 Å². The largest absolute Gasteiger partial charge is 0.416 e. The van der Waals surface area contributed by atoms with Crippen molar-refractivity contribution in [3.63, 3.8) is 0 Å². The molecule has 0 unspecified atom stereocenters. The standard InChI is InChI=1S/C27H20F3N7O3S/c28-27(29,30)20-10-7-11-21(16-20)37-24(18-8-3-1-4-9-18)33-26(35-37)32-23-15-14-19(17-31-23)25(38)34-36-41(39,40)22-12-5-2-6-13-22/h1-17,36H,(H,34,38)(H,31,32,35). The summed E-state index contributed by atoms with van der Waals surface area (Å²) < 4.78 is 65.9. The number of pyridine rings is 1. The molecule has 0 aliphatic rings. The minimum atomic E-state index is -4.54. The van der Waals surface area contributed by atoms with E-state index in [2.05, 4.69) is 25.8 Å². The molecule has 0 saturated carbocycles. The van der Waals surface area contributed by atoms with Crippen molar-refractivity contribution in [1.82, 2.24) is 30.0 Å². The number of aromatic nitrogens is 4. The van der Waals surface area contributed by atoms with Crippen LogP contribution in [-0.2, 0) is 16.2 Å². The highest BCUT2D eigenvalue weighted by Gasteiger charge is 2.31. The molecular formula is C27H20F3N7O3S. The van der Waals surface area contributed by atoms with Gasteiger partial charge in [-0.25, -0.2) is 18.1 Å². The number of hydrazine groups is 1. The molecule has 208 valence electrons. The normalized spacial score (nSPS) is 11.7. The first-order valence-corrected chi connectivity index (χ1v) is 13.4. The molecule has 5 aromatic rings. The van der Waals surface area contributed by atoms with Crippen LogP contribution in [0.5, 0.6) is 0 Å².